The van der Waals surface area contributed by atoms with Crippen LogP contribution in [0, 0.1) is 5.82 Å². The summed E-state index contributed by atoms with van der Waals surface area (Å²) in [5.41, 5.74) is -0.381. The van der Waals surface area contributed by atoms with Crippen LogP contribution in [-0.4, -0.2) is 23.5 Å². The Balaban J connectivity index is 1.61. The molecule has 0 aliphatic carbocycles. The van der Waals surface area contributed by atoms with Crippen molar-refractivity contribution in [2.75, 3.05) is 6.54 Å². The van der Waals surface area contributed by atoms with Crippen molar-refractivity contribution in [1.82, 2.24) is 10.6 Å². The molecule has 2 amide bonds. The largest absolute Gasteiger partial charge is 0.466 e. The normalized spacial score (nSPS) is 13.0. The Labute approximate surface area is 158 Å². The summed E-state index contributed by atoms with van der Waals surface area (Å²) >= 11 is 1.39. The molecule has 140 valence electrons. The summed E-state index contributed by atoms with van der Waals surface area (Å²) < 4.78 is 18.2. The molecule has 1 unspecified atom stereocenters. The lowest BCUT2D eigenvalue weighted by molar-refractivity contribution is -0.139. The van der Waals surface area contributed by atoms with E-state index in [1.807, 2.05) is 0 Å². The summed E-state index contributed by atoms with van der Waals surface area (Å²) in [4.78, 5) is 24.1. The molecule has 3 N–H and O–H groups in total. The highest BCUT2D eigenvalue weighted by atomic mass is 32.1. The highest BCUT2D eigenvalue weighted by Gasteiger charge is 2.36. The Bertz CT molecular complexity index is 858. The fourth-order valence-electron chi connectivity index (χ4n) is 2.50. The second-order valence-corrected chi connectivity index (χ2v) is 6.62. The number of nitrogens with one attached hydrogen (secondary N) is 2. The first-order valence-electron chi connectivity index (χ1n) is 8.08. The molecule has 6 nitrogen and oxygen atoms in total. The number of amides is 2. The lowest BCUT2D eigenvalue weighted by atomic mass is 9.93. The van der Waals surface area contributed by atoms with Crippen LogP contribution in [0.1, 0.15) is 16.9 Å². The first kappa shape index (κ1) is 18.8. The van der Waals surface area contributed by atoms with E-state index in [9.17, 15) is 19.1 Å². The molecule has 8 heteroatoms. The van der Waals surface area contributed by atoms with Crippen LogP contribution in [0.25, 0.3) is 0 Å². The first-order valence-corrected chi connectivity index (χ1v) is 9.03. The van der Waals surface area contributed by atoms with Crippen molar-refractivity contribution >= 4 is 23.2 Å². The van der Waals surface area contributed by atoms with Crippen LogP contribution in [0.2, 0.25) is 0 Å². The summed E-state index contributed by atoms with van der Waals surface area (Å²) in [6.45, 7) is -0.153. The van der Waals surface area contributed by atoms with Crippen molar-refractivity contribution in [3.8, 4) is 0 Å². The van der Waals surface area contributed by atoms with E-state index in [2.05, 4.69) is 10.6 Å². The predicted octanol–water partition coefficient (Wildman–Crippen LogP) is 2.15. The molecule has 0 fully saturated rings. The van der Waals surface area contributed by atoms with Gasteiger partial charge in [-0.05, 0) is 46.7 Å². The number of hydrogen-bond acceptors (Lipinski definition) is 5. The second-order valence-electron chi connectivity index (χ2n) is 5.84. The fourth-order valence-corrected chi connectivity index (χ4v) is 3.22. The van der Waals surface area contributed by atoms with E-state index >= 15 is 0 Å². The molecule has 2 heterocycles. The highest BCUT2D eigenvalue weighted by Crippen LogP contribution is 2.30. The van der Waals surface area contributed by atoms with Gasteiger partial charge in [0.25, 0.3) is 0 Å². The van der Waals surface area contributed by atoms with E-state index in [4.69, 9.17) is 4.42 Å². The zero-order chi connectivity index (χ0) is 19.3. The Morgan fingerprint density at radius 1 is 1.11 bits per heavy atom. The van der Waals surface area contributed by atoms with Crippen LogP contribution in [0.4, 0.5) is 4.39 Å². The standard InChI is InChI=1S/C19H17FN2O4S/c20-15-5-3-13(4-6-15)10-21-17(23)18(24)22-12-19(25,14-7-9-27-11-14)16-2-1-8-26-16/h1-9,11,25H,10,12H2,(H,21,23)(H,22,24). The number of thiophene rings is 1. The van der Waals surface area contributed by atoms with Crippen LogP contribution in [0.15, 0.2) is 63.9 Å². The minimum atomic E-state index is -1.59. The number of halogens is 1. The van der Waals surface area contributed by atoms with Crippen molar-refractivity contribution in [3.05, 3.63) is 82.2 Å². The quantitative estimate of drug-likeness (QED) is 0.564. The zero-order valence-electron chi connectivity index (χ0n) is 14.1. The number of furan rings is 1. The Kier molecular flexibility index (Phi) is 5.68. The molecule has 3 aromatic rings. The topological polar surface area (TPSA) is 91.6 Å². The van der Waals surface area contributed by atoms with Gasteiger partial charge in [-0.1, -0.05) is 12.1 Å². The second kappa shape index (κ2) is 8.15. The first-order chi connectivity index (χ1) is 13.0. The van der Waals surface area contributed by atoms with E-state index in [1.54, 1.807) is 29.0 Å². The van der Waals surface area contributed by atoms with Crippen molar-refractivity contribution in [3.63, 3.8) is 0 Å². The van der Waals surface area contributed by atoms with Gasteiger partial charge in [-0.25, -0.2) is 4.39 Å². The summed E-state index contributed by atoms with van der Waals surface area (Å²) in [6, 6.07) is 10.5. The Morgan fingerprint density at radius 2 is 1.85 bits per heavy atom. The Hall–Kier alpha value is -2.97. The van der Waals surface area contributed by atoms with Gasteiger partial charge in [-0.2, -0.15) is 11.3 Å². The smallest absolute Gasteiger partial charge is 0.309 e. The number of aliphatic hydroxyl groups is 1. The molecule has 0 aliphatic rings. The fraction of sp³-hybridized carbons (Fsp3) is 0.158. The molecule has 3 rings (SSSR count). The van der Waals surface area contributed by atoms with Crippen LogP contribution in [-0.2, 0) is 21.7 Å². The maximum atomic E-state index is 12.9. The number of rotatable bonds is 6. The predicted molar refractivity (Wildman–Crippen MR) is 97.3 cm³/mol. The molecule has 0 bridgehead atoms. The van der Waals surface area contributed by atoms with Gasteiger partial charge in [0.1, 0.15) is 11.6 Å². The summed E-state index contributed by atoms with van der Waals surface area (Å²) in [5.74, 6) is -1.87. The molecule has 0 radical (unpaired) electrons. The van der Waals surface area contributed by atoms with Crippen LogP contribution >= 0.6 is 11.3 Å². The molecule has 0 spiro atoms. The van der Waals surface area contributed by atoms with Crippen LogP contribution < -0.4 is 10.6 Å². The van der Waals surface area contributed by atoms with Gasteiger partial charge in [0.2, 0.25) is 0 Å². The number of benzene rings is 1. The van der Waals surface area contributed by atoms with E-state index in [-0.39, 0.29) is 24.7 Å². The third-order valence-electron chi connectivity index (χ3n) is 4.00. The van der Waals surface area contributed by atoms with Crippen LogP contribution in [0.5, 0.6) is 0 Å². The molecular formula is C19H17FN2O4S. The number of hydrogen-bond donors (Lipinski definition) is 3. The van der Waals surface area contributed by atoms with Crippen LogP contribution in [0.3, 0.4) is 0 Å². The summed E-state index contributed by atoms with van der Waals surface area (Å²) in [7, 11) is 0. The van der Waals surface area contributed by atoms with Gasteiger partial charge in [-0.15, -0.1) is 0 Å². The molecule has 1 atom stereocenters. The van der Waals surface area contributed by atoms with Gasteiger partial charge in [0.05, 0.1) is 12.8 Å². The number of carbonyl (C=O) groups is 2. The van der Waals surface area contributed by atoms with Gasteiger partial charge < -0.3 is 20.2 Å². The third-order valence-corrected chi connectivity index (χ3v) is 4.69. The maximum absolute atomic E-state index is 12.9. The van der Waals surface area contributed by atoms with Crippen molar-refractivity contribution in [2.24, 2.45) is 0 Å². The number of carbonyl (C=O) groups excluding carboxylic acids is 2. The molecular weight excluding hydrogens is 371 g/mol. The van der Waals surface area contributed by atoms with Crippen molar-refractivity contribution in [1.29, 1.82) is 0 Å². The van der Waals surface area contributed by atoms with Gasteiger partial charge in [-0.3, -0.25) is 9.59 Å². The van der Waals surface area contributed by atoms with Gasteiger partial charge in [0.15, 0.2) is 5.60 Å². The van der Waals surface area contributed by atoms with E-state index < -0.39 is 17.4 Å². The average molecular weight is 388 g/mol. The molecule has 0 saturated carbocycles. The Morgan fingerprint density at radius 3 is 2.48 bits per heavy atom. The average Bonchev–Trinajstić information content (AvgIpc) is 3.39. The minimum absolute atomic E-state index is 0.0829. The molecule has 2 aromatic heterocycles. The van der Waals surface area contributed by atoms with E-state index in [1.165, 1.54) is 41.9 Å². The lowest BCUT2D eigenvalue weighted by Gasteiger charge is -2.25. The summed E-state index contributed by atoms with van der Waals surface area (Å²) in [5, 5.41) is 19.4. The molecule has 0 saturated heterocycles. The van der Waals surface area contributed by atoms with Gasteiger partial charge >= 0.3 is 11.8 Å². The molecule has 0 aliphatic heterocycles. The maximum Gasteiger partial charge on any atom is 0.309 e. The van der Waals surface area contributed by atoms with Crippen molar-refractivity contribution < 1.29 is 23.5 Å². The minimum Gasteiger partial charge on any atom is -0.466 e. The lowest BCUT2D eigenvalue weighted by Crippen LogP contribution is -2.46. The molecule has 27 heavy (non-hydrogen) atoms. The van der Waals surface area contributed by atoms with Crippen molar-refractivity contribution in [2.45, 2.75) is 12.1 Å². The van der Waals surface area contributed by atoms with E-state index in [0.717, 1.165) is 0 Å². The molecule has 1 aromatic carbocycles. The monoisotopic (exact) mass is 388 g/mol. The summed E-state index contributed by atoms with van der Waals surface area (Å²) in [6.07, 6.45) is 1.42. The zero-order valence-corrected chi connectivity index (χ0v) is 15.0. The highest BCUT2D eigenvalue weighted by molar-refractivity contribution is 7.08. The van der Waals surface area contributed by atoms with E-state index in [0.29, 0.717) is 11.1 Å². The SMILES string of the molecule is O=C(NCc1ccc(F)cc1)C(=O)NCC(O)(c1ccsc1)c1ccco1. The third kappa shape index (κ3) is 4.42. The van der Waals surface area contributed by atoms with Gasteiger partial charge in [0, 0.05) is 12.1 Å².